The highest BCUT2D eigenvalue weighted by Crippen LogP contribution is 2.24. The van der Waals surface area contributed by atoms with Crippen LogP contribution in [0.5, 0.6) is 0 Å². The van der Waals surface area contributed by atoms with E-state index in [1.165, 1.54) is 30.4 Å². The van der Waals surface area contributed by atoms with Crippen LogP contribution in [-0.2, 0) is 12.8 Å². The molecular weight excluding hydrogens is 212 g/mol. The second kappa shape index (κ2) is 5.19. The van der Waals surface area contributed by atoms with Crippen LogP contribution in [0.4, 0.5) is 5.69 Å². The summed E-state index contributed by atoms with van der Waals surface area (Å²) < 4.78 is 0. The zero-order chi connectivity index (χ0) is 12.3. The Labute approximate surface area is 102 Å². The van der Waals surface area contributed by atoms with E-state index < -0.39 is 0 Å². The molecule has 0 amide bonds. The van der Waals surface area contributed by atoms with Gasteiger partial charge in [0.15, 0.2) is 0 Å². The smallest absolute Gasteiger partial charge is 0.210 e. The molecule has 4 heteroatoms. The van der Waals surface area contributed by atoms with E-state index in [9.17, 15) is 0 Å². The quantitative estimate of drug-likeness (QED) is 0.315. The monoisotopic (exact) mass is 232 g/mol. The molecule has 0 saturated carbocycles. The van der Waals surface area contributed by atoms with Gasteiger partial charge in [0.25, 0.3) is 0 Å². The molecule has 0 atom stereocenters. The van der Waals surface area contributed by atoms with E-state index >= 15 is 0 Å². The second-order valence-electron chi connectivity index (χ2n) is 4.68. The van der Waals surface area contributed by atoms with Crippen molar-refractivity contribution < 1.29 is 0 Å². The highest BCUT2D eigenvalue weighted by molar-refractivity contribution is 5.93. The standard InChI is InChI=1S/C13H20N4/c1-9(2)15-13(17-14)16-12-7-6-10-4-3-5-11(10)8-12/h6-9H,3-5,14H2,1-2H3,(H2,15,16,17). The SMILES string of the molecule is CC(C)N=C(NN)Nc1ccc2c(c1)CCC2. The maximum Gasteiger partial charge on any atom is 0.210 e. The van der Waals surface area contributed by atoms with Crippen LogP contribution in [0.2, 0.25) is 0 Å². The first-order valence-electron chi connectivity index (χ1n) is 6.12. The highest BCUT2D eigenvalue weighted by atomic mass is 15.3. The van der Waals surface area contributed by atoms with Crippen molar-refractivity contribution in [3.05, 3.63) is 29.3 Å². The molecule has 4 N–H and O–H groups in total. The first-order chi connectivity index (χ1) is 8.19. The summed E-state index contributed by atoms with van der Waals surface area (Å²) in [5, 5.41) is 3.20. The van der Waals surface area contributed by atoms with Gasteiger partial charge in [-0.1, -0.05) is 6.07 Å². The lowest BCUT2D eigenvalue weighted by Crippen LogP contribution is -2.37. The average molecular weight is 232 g/mol. The van der Waals surface area contributed by atoms with E-state index in [0.717, 1.165) is 5.69 Å². The third-order valence-electron chi connectivity index (χ3n) is 2.89. The van der Waals surface area contributed by atoms with Crippen LogP contribution in [-0.4, -0.2) is 12.0 Å². The molecule has 0 bridgehead atoms. The van der Waals surface area contributed by atoms with Gasteiger partial charge in [0.2, 0.25) is 5.96 Å². The normalized spacial score (nSPS) is 14.9. The number of aryl methyl sites for hydroxylation is 2. The summed E-state index contributed by atoms with van der Waals surface area (Å²) in [6.07, 6.45) is 3.65. The predicted molar refractivity (Wildman–Crippen MR) is 72.0 cm³/mol. The van der Waals surface area contributed by atoms with Gasteiger partial charge in [-0.25, -0.2) is 10.8 Å². The fraction of sp³-hybridized carbons (Fsp3) is 0.462. The summed E-state index contributed by atoms with van der Waals surface area (Å²) in [5.74, 6) is 6.05. The van der Waals surface area contributed by atoms with Gasteiger partial charge in [-0.3, -0.25) is 5.43 Å². The van der Waals surface area contributed by atoms with Gasteiger partial charge in [-0.05, 0) is 56.4 Å². The largest absolute Gasteiger partial charge is 0.325 e. The van der Waals surface area contributed by atoms with Gasteiger partial charge >= 0.3 is 0 Å². The van der Waals surface area contributed by atoms with Crippen LogP contribution in [0.15, 0.2) is 23.2 Å². The fourth-order valence-corrected chi connectivity index (χ4v) is 2.15. The molecule has 0 spiro atoms. The van der Waals surface area contributed by atoms with Crippen molar-refractivity contribution in [2.24, 2.45) is 10.8 Å². The third-order valence-corrected chi connectivity index (χ3v) is 2.89. The molecule has 1 aliphatic rings. The van der Waals surface area contributed by atoms with Crippen LogP contribution < -0.4 is 16.6 Å². The molecule has 0 aliphatic heterocycles. The molecule has 92 valence electrons. The third kappa shape index (κ3) is 2.97. The Balaban J connectivity index is 2.13. The summed E-state index contributed by atoms with van der Waals surface area (Å²) in [6.45, 7) is 4.03. The molecule has 4 nitrogen and oxygen atoms in total. The fourth-order valence-electron chi connectivity index (χ4n) is 2.15. The van der Waals surface area contributed by atoms with Crippen LogP contribution in [0.3, 0.4) is 0 Å². The first kappa shape index (κ1) is 11.9. The van der Waals surface area contributed by atoms with E-state index in [-0.39, 0.29) is 6.04 Å². The van der Waals surface area contributed by atoms with E-state index in [1.54, 1.807) is 0 Å². The van der Waals surface area contributed by atoms with Crippen LogP contribution >= 0.6 is 0 Å². The summed E-state index contributed by atoms with van der Waals surface area (Å²) in [4.78, 5) is 4.35. The molecule has 0 saturated heterocycles. The lowest BCUT2D eigenvalue weighted by Gasteiger charge is -2.11. The van der Waals surface area contributed by atoms with Gasteiger partial charge < -0.3 is 5.32 Å². The van der Waals surface area contributed by atoms with Crippen molar-refractivity contribution >= 4 is 11.6 Å². The molecule has 1 aromatic carbocycles. The van der Waals surface area contributed by atoms with Crippen molar-refractivity contribution in [2.75, 3.05) is 5.32 Å². The maximum atomic E-state index is 5.44. The number of nitrogens with one attached hydrogen (secondary N) is 2. The van der Waals surface area contributed by atoms with Crippen LogP contribution in [0.25, 0.3) is 0 Å². The molecule has 0 radical (unpaired) electrons. The molecule has 0 aromatic heterocycles. The molecule has 0 fully saturated rings. The van der Waals surface area contributed by atoms with Gasteiger partial charge in [0.1, 0.15) is 0 Å². The lowest BCUT2D eigenvalue weighted by atomic mass is 10.1. The molecule has 2 rings (SSSR count). The second-order valence-corrected chi connectivity index (χ2v) is 4.68. The van der Waals surface area contributed by atoms with Crippen LogP contribution in [0.1, 0.15) is 31.4 Å². The molecule has 17 heavy (non-hydrogen) atoms. The number of aliphatic imine (C=N–C) groups is 1. The number of benzene rings is 1. The maximum absolute atomic E-state index is 5.44. The van der Waals surface area contributed by atoms with Crippen molar-refractivity contribution in [3.63, 3.8) is 0 Å². The Kier molecular flexibility index (Phi) is 3.64. The lowest BCUT2D eigenvalue weighted by molar-refractivity contribution is 0.819. The zero-order valence-electron chi connectivity index (χ0n) is 10.5. The van der Waals surface area contributed by atoms with Gasteiger partial charge in [-0.2, -0.15) is 0 Å². The van der Waals surface area contributed by atoms with Crippen molar-refractivity contribution in [1.82, 2.24) is 5.43 Å². The van der Waals surface area contributed by atoms with Gasteiger partial charge in [-0.15, -0.1) is 0 Å². The van der Waals surface area contributed by atoms with Crippen molar-refractivity contribution in [3.8, 4) is 0 Å². The van der Waals surface area contributed by atoms with Crippen molar-refractivity contribution in [1.29, 1.82) is 0 Å². The Morgan fingerprint density at radius 1 is 1.29 bits per heavy atom. The minimum atomic E-state index is 0.211. The Hall–Kier alpha value is -1.55. The number of nitrogens with two attached hydrogens (primary N) is 1. The van der Waals surface area contributed by atoms with E-state index in [0.29, 0.717) is 5.96 Å². The topological polar surface area (TPSA) is 62.4 Å². The van der Waals surface area contributed by atoms with Crippen LogP contribution in [0, 0.1) is 0 Å². The average Bonchev–Trinajstić information content (AvgIpc) is 2.74. The number of fused-ring (bicyclic) bond motifs is 1. The molecule has 0 unspecified atom stereocenters. The number of anilines is 1. The summed E-state index contributed by atoms with van der Waals surface area (Å²) in [5.41, 5.74) is 6.54. The predicted octanol–water partition coefficient (Wildman–Crippen LogP) is 1.81. The minimum absolute atomic E-state index is 0.211. The summed E-state index contributed by atoms with van der Waals surface area (Å²) in [7, 11) is 0. The highest BCUT2D eigenvalue weighted by Gasteiger charge is 2.11. The van der Waals surface area contributed by atoms with Gasteiger partial charge in [0, 0.05) is 11.7 Å². The molecule has 0 heterocycles. The number of rotatable bonds is 2. The first-order valence-corrected chi connectivity index (χ1v) is 6.12. The molecule has 1 aromatic rings. The number of hydrogen-bond acceptors (Lipinski definition) is 2. The Morgan fingerprint density at radius 2 is 2.06 bits per heavy atom. The van der Waals surface area contributed by atoms with E-state index in [2.05, 4.69) is 33.9 Å². The summed E-state index contributed by atoms with van der Waals surface area (Å²) >= 11 is 0. The molecular formula is C13H20N4. The Morgan fingerprint density at radius 3 is 2.76 bits per heavy atom. The summed E-state index contributed by atoms with van der Waals surface area (Å²) in [6, 6.07) is 6.67. The number of hydrazine groups is 1. The number of guanidine groups is 1. The van der Waals surface area contributed by atoms with Gasteiger partial charge in [0.05, 0.1) is 0 Å². The zero-order valence-corrected chi connectivity index (χ0v) is 10.5. The number of nitrogens with zero attached hydrogens (tertiary/aromatic N) is 1. The molecule has 1 aliphatic carbocycles. The van der Waals surface area contributed by atoms with Crippen molar-refractivity contribution in [2.45, 2.75) is 39.2 Å². The number of hydrogen-bond donors (Lipinski definition) is 3. The Bertz CT molecular complexity index is 423. The van der Waals surface area contributed by atoms with E-state index in [1.807, 2.05) is 13.8 Å². The minimum Gasteiger partial charge on any atom is -0.325 e. The van der Waals surface area contributed by atoms with E-state index in [4.69, 9.17) is 5.84 Å².